The van der Waals surface area contributed by atoms with Gasteiger partial charge in [-0.2, -0.15) is 0 Å². The zero-order chi connectivity index (χ0) is 24.3. The summed E-state index contributed by atoms with van der Waals surface area (Å²) in [6.45, 7) is 0.362. The molecule has 1 aromatic heterocycles. The number of halogens is 3. The average Bonchev–Trinajstić information content (AvgIpc) is 3.21. The number of alkyl carbamates (subject to hydrolysis) is 1. The number of carbonyl (C=O) groups is 1. The zero-order valence-corrected chi connectivity index (χ0v) is 17.3. The lowest BCUT2D eigenvalue weighted by Crippen LogP contribution is -2.37. The third kappa shape index (κ3) is 5.74. The maximum atomic E-state index is 12.3. The summed E-state index contributed by atoms with van der Waals surface area (Å²) in [5.74, 6) is -0.657. The van der Waals surface area contributed by atoms with Crippen molar-refractivity contribution in [1.29, 1.82) is 0 Å². The van der Waals surface area contributed by atoms with Gasteiger partial charge in [0.2, 0.25) is 0 Å². The zero-order valence-electron chi connectivity index (χ0n) is 17.3. The van der Waals surface area contributed by atoms with Gasteiger partial charge >= 0.3 is 24.3 Å². The lowest BCUT2D eigenvalue weighted by atomic mass is 10.0. The molecule has 0 aliphatic carbocycles. The number of nitrogens with zero attached hydrogens (tertiary/aromatic N) is 3. The topological polar surface area (TPSA) is 118 Å². The molecule has 0 fully saturated rings. The minimum Gasteiger partial charge on any atom is -0.442 e. The van der Waals surface area contributed by atoms with E-state index < -0.39 is 23.5 Å². The quantitative estimate of drug-likeness (QED) is 0.420. The van der Waals surface area contributed by atoms with Crippen molar-refractivity contribution in [3.63, 3.8) is 0 Å². The van der Waals surface area contributed by atoms with Crippen molar-refractivity contribution >= 4 is 11.9 Å². The van der Waals surface area contributed by atoms with Crippen LogP contribution in [-0.2, 0) is 17.8 Å². The fraction of sp³-hybridized carbons (Fsp3) is 0.238. The van der Waals surface area contributed by atoms with E-state index in [1.807, 2.05) is 0 Å². The number of amides is 1. The number of rotatable bonds is 6. The Balaban J connectivity index is 1.27. The molecular weight excluding hydrogens is 461 g/mol. The van der Waals surface area contributed by atoms with Gasteiger partial charge in [0, 0.05) is 11.5 Å². The number of hydrogen-bond donors (Lipinski definition) is 1. The lowest BCUT2D eigenvalue weighted by Gasteiger charge is -2.22. The Morgan fingerprint density at radius 1 is 1.18 bits per heavy atom. The Morgan fingerprint density at radius 3 is 2.44 bits per heavy atom. The van der Waals surface area contributed by atoms with Crippen molar-refractivity contribution < 1.29 is 37.1 Å². The highest BCUT2D eigenvalue weighted by Crippen LogP contribution is 2.27. The summed E-state index contributed by atoms with van der Waals surface area (Å²) in [7, 11) is 0. The Bertz CT molecular complexity index is 1180. The van der Waals surface area contributed by atoms with Crippen LogP contribution in [0.1, 0.15) is 5.56 Å². The first-order valence-electron chi connectivity index (χ1n) is 9.90. The van der Waals surface area contributed by atoms with Crippen LogP contribution in [0.2, 0.25) is 0 Å². The third-order valence-electron chi connectivity index (χ3n) is 4.80. The van der Waals surface area contributed by atoms with E-state index in [2.05, 4.69) is 15.0 Å². The smallest absolute Gasteiger partial charge is 0.442 e. The first kappa shape index (κ1) is 22.9. The van der Waals surface area contributed by atoms with E-state index >= 15 is 0 Å². The van der Waals surface area contributed by atoms with Gasteiger partial charge in [0.1, 0.15) is 18.6 Å². The molecule has 0 spiro atoms. The number of imidazole rings is 1. The molecule has 34 heavy (non-hydrogen) atoms. The molecule has 2 heterocycles. The van der Waals surface area contributed by atoms with E-state index in [0.717, 1.165) is 11.1 Å². The lowest BCUT2D eigenvalue weighted by molar-refractivity contribution is -0.389. The minimum absolute atomic E-state index is 0.0169. The molecule has 3 aromatic rings. The summed E-state index contributed by atoms with van der Waals surface area (Å²) in [6, 6.07) is 12.6. The van der Waals surface area contributed by atoms with Gasteiger partial charge in [-0.25, -0.2) is 4.79 Å². The second-order valence-electron chi connectivity index (χ2n) is 7.25. The fourth-order valence-corrected chi connectivity index (χ4v) is 3.26. The standard InChI is InChI=1S/C21H17F3N4O6/c22-21(23,24)34-16-7-5-15(6-8-16)14-3-1-13(2-4-14)9-25-20(29)33-17-10-27-11-18(28(30)31)26-19(27)32-12-17/h1-8,11,17H,9-10,12H2,(H,25,29)/t17-/m0/s1. The van der Waals surface area contributed by atoms with Crippen LogP contribution >= 0.6 is 0 Å². The van der Waals surface area contributed by atoms with Crippen molar-refractivity contribution in [2.24, 2.45) is 0 Å². The Labute approximate surface area is 190 Å². The molecule has 10 nitrogen and oxygen atoms in total. The molecule has 0 radical (unpaired) electrons. The van der Waals surface area contributed by atoms with Gasteiger partial charge in [-0.3, -0.25) is 4.57 Å². The summed E-state index contributed by atoms with van der Waals surface area (Å²) in [6.07, 6.45) is -4.87. The average molecular weight is 478 g/mol. The molecule has 1 aliphatic heterocycles. The molecule has 0 saturated carbocycles. The number of nitro groups is 1. The molecule has 0 saturated heterocycles. The van der Waals surface area contributed by atoms with Crippen LogP contribution in [0.25, 0.3) is 11.1 Å². The Morgan fingerprint density at radius 2 is 1.82 bits per heavy atom. The fourth-order valence-electron chi connectivity index (χ4n) is 3.26. The maximum Gasteiger partial charge on any atom is 0.573 e. The summed E-state index contributed by atoms with van der Waals surface area (Å²) in [5, 5.41) is 13.4. The predicted octanol–water partition coefficient (Wildman–Crippen LogP) is 4.04. The number of aromatic nitrogens is 2. The van der Waals surface area contributed by atoms with Crippen molar-refractivity contribution in [2.75, 3.05) is 6.61 Å². The number of carbonyl (C=O) groups excluding carboxylic acids is 1. The number of nitrogens with one attached hydrogen (secondary N) is 1. The van der Waals surface area contributed by atoms with Crippen molar-refractivity contribution in [2.45, 2.75) is 25.6 Å². The van der Waals surface area contributed by atoms with Crippen LogP contribution in [0.4, 0.5) is 23.8 Å². The van der Waals surface area contributed by atoms with Crippen LogP contribution in [0, 0.1) is 10.1 Å². The molecule has 1 atom stereocenters. The highest BCUT2D eigenvalue weighted by molar-refractivity contribution is 5.68. The van der Waals surface area contributed by atoms with E-state index in [4.69, 9.17) is 9.47 Å². The SMILES string of the molecule is O=C(NCc1ccc(-c2ccc(OC(F)(F)F)cc2)cc1)O[C@@H]1COc2nc([N+](=O)[O-])cn2C1. The van der Waals surface area contributed by atoms with Gasteiger partial charge in [0.25, 0.3) is 0 Å². The first-order chi connectivity index (χ1) is 16.2. The molecule has 1 aliphatic rings. The number of hydrogen-bond acceptors (Lipinski definition) is 7. The Hall–Kier alpha value is -4.29. The highest BCUT2D eigenvalue weighted by atomic mass is 19.4. The number of ether oxygens (including phenoxy) is 3. The van der Waals surface area contributed by atoms with Gasteiger partial charge in [-0.15, -0.1) is 13.2 Å². The van der Waals surface area contributed by atoms with Crippen LogP contribution in [0.5, 0.6) is 11.8 Å². The van der Waals surface area contributed by atoms with E-state index in [1.165, 1.54) is 35.0 Å². The van der Waals surface area contributed by atoms with E-state index in [0.29, 0.717) is 5.56 Å². The van der Waals surface area contributed by atoms with Gasteiger partial charge in [0.05, 0.1) is 6.54 Å². The second-order valence-corrected chi connectivity index (χ2v) is 7.25. The molecule has 4 rings (SSSR count). The third-order valence-corrected chi connectivity index (χ3v) is 4.80. The molecule has 0 bridgehead atoms. The number of alkyl halides is 3. The highest BCUT2D eigenvalue weighted by Gasteiger charge is 2.31. The van der Waals surface area contributed by atoms with Crippen LogP contribution < -0.4 is 14.8 Å². The summed E-state index contributed by atoms with van der Waals surface area (Å²) >= 11 is 0. The van der Waals surface area contributed by atoms with Gasteiger partial charge < -0.3 is 29.6 Å². The largest absolute Gasteiger partial charge is 0.573 e. The van der Waals surface area contributed by atoms with Gasteiger partial charge in [-0.1, -0.05) is 36.4 Å². The Kier molecular flexibility index (Phi) is 6.25. The summed E-state index contributed by atoms with van der Waals surface area (Å²) in [5.41, 5.74) is 2.24. The van der Waals surface area contributed by atoms with Gasteiger partial charge in [-0.05, 0) is 33.7 Å². The van der Waals surface area contributed by atoms with Crippen molar-refractivity contribution in [1.82, 2.24) is 14.9 Å². The first-order valence-corrected chi connectivity index (χ1v) is 9.90. The molecule has 2 aromatic carbocycles. The summed E-state index contributed by atoms with van der Waals surface area (Å²) < 4.78 is 52.6. The normalized spacial score (nSPS) is 15.1. The molecule has 1 amide bonds. The second kappa shape index (κ2) is 9.29. The number of fused-ring (bicyclic) bond motifs is 1. The van der Waals surface area contributed by atoms with Gasteiger partial charge in [0.15, 0.2) is 6.10 Å². The predicted molar refractivity (Wildman–Crippen MR) is 110 cm³/mol. The molecule has 0 unspecified atom stereocenters. The molecule has 1 N–H and O–H groups in total. The van der Waals surface area contributed by atoms with Crippen LogP contribution in [0.15, 0.2) is 54.7 Å². The van der Waals surface area contributed by atoms with Crippen molar-refractivity contribution in [3.05, 3.63) is 70.4 Å². The molecule has 178 valence electrons. The van der Waals surface area contributed by atoms with Crippen LogP contribution in [0.3, 0.4) is 0 Å². The van der Waals surface area contributed by atoms with E-state index in [9.17, 15) is 28.1 Å². The van der Waals surface area contributed by atoms with Crippen molar-refractivity contribution in [3.8, 4) is 22.9 Å². The van der Waals surface area contributed by atoms with E-state index in [1.54, 1.807) is 24.3 Å². The van der Waals surface area contributed by atoms with E-state index in [-0.39, 0.29) is 37.3 Å². The number of benzene rings is 2. The van der Waals surface area contributed by atoms with Crippen LogP contribution in [-0.4, -0.2) is 39.6 Å². The minimum atomic E-state index is -4.75. The maximum absolute atomic E-state index is 12.3. The molecule has 13 heteroatoms. The summed E-state index contributed by atoms with van der Waals surface area (Å²) in [4.78, 5) is 26.0. The molecular formula is C21H17F3N4O6. The monoisotopic (exact) mass is 478 g/mol.